The average molecular weight is 441 g/mol. The Hall–Kier alpha value is -0.870. The Morgan fingerprint density at radius 3 is 2.74 bits per heavy atom. The Bertz CT molecular complexity index is 634. The molecule has 1 aliphatic rings. The van der Waals surface area contributed by atoms with Gasteiger partial charge in [0.25, 0.3) is 0 Å². The lowest BCUT2D eigenvalue weighted by Gasteiger charge is -2.04. The van der Waals surface area contributed by atoms with E-state index in [1.165, 1.54) is 12.0 Å². The van der Waals surface area contributed by atoms with Crippen molar-refractivity contribution >= 4 is 37.8 Å². The highest BCUT2D eigenvalue weighted by Gasteiger charge is 2.36. The molecule has 1 aromatic rings. The molecular weight excluding hydrogens is 418 g/mol. The van der Waals surface area contributed by atoms with Crippen molar-refractivity contribution in [3.8, 4) is 0 Å². The number of allylic oxidation sites excluding steroid dienone is 3. The minimum Gasteiger partial charge on any atom is -0.352 e. The number of carbonyl (C=O) groups excluding carboxylic acids is 1. The van der Waals surface area contributed by atoms with E-state index < -0.39 is 0 Å². The topological polar surface area (TPSA) is 29.1 Å². The van der Waals surface area contributed by atoms with Crippen molar-refractivity contribution in [3.63, 3.8) is 0 Å². The highest BCUT2D eigenvalue weighted by molar-refractivity contribution is 9.13. The predicted octanol–water partition coefficient (Wildman–Crippen LogP) is 5.59. The van der Waals surface area contributed by atoms with Gasteiger partial charge in [-0.2, -0.15) is 0 Å². The second kappa shape index (κ2) is 8.29. The molecule has 1 aliphatic carbocycles. The van der Waals surface area contributed by atoms with Crippen LogP contribution in [-0.2, 0) is 4.79 Å². The molecule has 0 spiro atoms. The predicted molar refractivity (Wildman–Crippen MR) is 103 cm³/mol. The van der Waals surface area contributed by atoms with Crippen molar-refractivity contribution in [3.05, 3.63) is 56.5 Å². The van der Waals surface area contributed by atoms with Gasteiger partial charge < -0.3 is 5.32 Å². The van der Waals surface area contributed by atoms with E-state index >= 15 is 0 Å². The molecule has 1 saturated carbocycles. The molecule has 1 N–H and O–H groups in total. The first-order valence-corrected chi connectivity index (χ1v) is 9.54. The molecule has 1 fully saturated rings. The van der Waals surface area contributed by atoms with E-state index in [2.05, 4.69) is 81.4 Å². The normalized spacial score (nSPS) is 21.0. The largest absolute Gasteiger partial charge is 0.352 e. The highest BCUT2D eigenvalue weighted by atomic mass is 79.9. The van der Waals surface area contributed by atoms with Gasteiger partial charge in [-0.05, 0) is 86.2 Å². The second-order valence-electron chi connectivity index (χ2n) is 6.57. The molecule has 1 amide bonds. The van der Waals surface area contributed by atoms with Crippen LogP contribution in [0, 0.1) is 11.8 Å². The molecule has 0 unspecified atom stereocenters. The van der Waals surface area contributed by atoms with Crippen molar-refractivity contribution in [1.82, 2.24) is 5.32 Å². The highest BCUT2D eigenvalue weighted by Crippen LogP contribution is 2.49. The molecule has 2 rings (SSSR count). The standard InChI is InChI=1S/C19H23Br2NO/c1-12(2)11-22-19(23)8-13(3)4-5-14-9-16(14)15-6-7-17(20)18(21)10-15/h4-8,10,12,14,16H,9,11H2,1-3H3,(H,22,23)/t14-,16-/m1/s1. The summed E-state index contributed by atoms with van der Waals surface area (Å²) in [5.41, 5.74) is 2.36. The molecular formula is C19H23Br2NO. The van der Waals surface area contributed by atoms with Crippen LogP contribution in [0.15, 0.2) is 50.9 Å². The number of benzene rings is 1. The molecule has 0 aliphatic heterocycles. The Morgan fingerprint density at radius 2 is 2.09 bits per heavy atom. The summed E-state index contributed by atoms with van der Waals surface area (Å²) in [7, 11) is 0. The van der Waals surface area contributed by atoms with E-state index in [-0.39, 0.29) is 5.91 Å². The van der Waals surface area contributed by atoms with Gasteiger partial charge in [0.2, 0.25) is 5.91 Å². The van der Waals surface area contributed by atoms with Gasteiger partial charge in [-0.15, -0.1) is 0 Å². The lowest BCUT2D eigenvalue weighted by Crippen LogP contribution is -2.25. The third-order valence-corrected chi connectivity index (χ3v) is 5.74. The van der Waals surface area contributed by atoms with Crippen LogP contribution in [0.1, 0.15) is 38.7 Å². The van der Waals surface area contributed by atoms with Crippen LogP contribution in [-0.4, -0.2) is 12.5 Å². The number of hydrogen-bond acceptors (Lipinski definition) is 1. The lowest BCUT2D eigenvalue weighted by molar-refractivity contribution is -0.116. The monoisotopic (exact) mass is 439 g/mol. The van der Waals surface area contributed by atoms with Crippen LogP contribution in [0.5, 0.6) is 0 Å². The Labute approximate surface area is 155 Å². The fourth-order valence-corrected chi connectivity index (χ4v) is 3.08. The van der Waals surface area contributed by atoms with E-state index in [1.807, 2.05) is 6.92 Å². The molecule has 0 saturated heterocycles. The number of nitrogens with one attached hydrogen (secondary N) is 1. The average Bonchev–Trinajstić information content (AvgIpc) is 3.25. The van der Waals surface area contributed by atoms with Gasteiger partial charge in [-0.1, -0.05) is 32.1 Å². The zero-order valence-corrected chi connectivity index (χ0v) is 16.9. The molecule has 1 aromatic carbocycles. The maximum atomic E-state index is 11.7. The van der Waals surface area contributed by atoms with Gasteiger partial charge in [0.1, 0.15) is 0 Å². The third-order valence-electron chi connectivity index (χ3n) is 3.86. The third kappa shape index (κ3) is 5.92. The molecule has 2 atom stereocenters. The smallest absolute Gasteiger partial charge is 0.244 e. The van der Waals surface area contributed by atoms with E-state index in [4.69, 9.17) is 0 Å². The summed E-state index contributed by atoms with van der Waals surface area (Å²) in [6.07, 6.45) is 7.14. The summed E-state index contributed by atoms with van der Waals surface area (Å²) in [5.74, 6) is 1.63. The van der Waals surface area contributed by atoms with Crippen LogP contribution >= 0.6 is 31.9 Å². The lowest BCUT2D eigenvalue weighted by atomic mass is 10.1. The molecule has 2 nitrogen and oxygen atoms in total. The van der Waals surface area contributed by atoms with E-state index in [0.717, 1.165) is 21.1 Å². The number of hydrogen-bond donors (Lipinski definition) is 1. The van der Waals surface area contributed by atoms with E-state index in [1.54, 1.807) is 6.08 Å². The SMILES string of the molecule is CC(C=C[C@@H]1C[C@H]1c1ccc(Br)c(Br)c1)=CC(=O)NCC(C)C. The number of carbonyl (C=O) groups is 1. The van der Waals surface area contributed by atoms with Gasteiger partial charge in [-0.25, -0.2) is 0 Å². The van der Waals surface area contributed by atoms with Crippen molar-refractivity contribution in [2.24, 2.45) is 11.8 Å². The summed E-state index contributed by atoms with van der Waals surface area (Å²) < 4.78 is 2.18. The fraction of sp³-hybridized carbons (Fsp3) is 0.421. The first kappa shape index (κ1) is 18.5. The minimum atomic E-state index is -0.00922. The minimum absolute atomic E-state index is 0.00922. The summed E-state index contributed by atoms with van der Waals surface area (Å²) >= 11 is 7.06. The second-order valence-corrected chi connectivity index (χ2v) is 8.27. The van der Waals surface area contributed by atoms with Gasteiger partial charge >= 0.3 is 0 Å². The summed E-state index contributed by atoms with van der Waals surface area (Å²) in [6, 6.07) is 6.45. The maximum Gasteiger partial charge on any atom is 0.244 e. The quantitative estimate of drug-likeness (QED) is 0.453. The first-order valence-electron chi connectivity index (χ1n) is 7.96. The van der Waals surface area contributed by atoms with Crippen molar-refractivity contribution in [1.29, 1.82) is 0 Å². The van der Waals surface area contributed by atoms with Crippen LogP contribution in [0.25, 0.3) is 0 Å². The zero-order chi connectivity index (χ0) is 17.0. The summed E-state index contributed by atoms with van der Waals surface area (Å²) in [6.45, 7) is 6.86. The van der Waals surface area contributed by atoms with Crippen LogP contribution < -0.4 is 5.32 Å². The van der Waals surface area contributed by atoms with Crippen LogP contribution in [0.3, 0.4) is 0 Å². The molecule has 124 valence electrons. The van der Waals surface area contributed by atoms with Gasteiger partial charge in [-0.3, -0.25) is 4.79 Å². The van der Waals surface area contributed by atoms with E-state index in [9.17, 15) is 4.79 Å². The van der Waals surface area contributed by atoms with Crippen LogP contribution in [0.4, 0.5) is 0 Å². The number of rotatable bonds is 6. The number of amides is 1. The first-order chi connectivity index (χ1) is 10.9. The number of halogens is 2. The van der Waals surface area contributed by atoms with Crippen molar-refractivity contribution in [2.45, 2.75) is 33.1 Å². The Kier molecular flexibility index (Phi) is 6.66. The molecule has 4 heteroatoms. The molecule has 0 radical (unpaired) electrons. The van der Waals surface area contributed by atoms with E-state index in [0.29, 0.717) is 17.8 Å². The van der Waals surface area contributed by atoms with Gasteiger partial charge in [0.15, 0.2) is 0 Å². The Balaban J connectivity index is 1.87. The summed E-state index contributed by atoms with van der Waals surface area (Å²) in [5, 5.41) is 2.90. The molecule has 23 heavy (non-hydrogen) atoms. The Morgan fingerprint density at radius 1 is 1.35 bits per heavy atom. The van der Waals surface area contributed by atoms with Crippen molar-refractivity contribution < 1.29 is 4.79 Å². The van der Waals surface area contributed by atoms with Gasteiger partial charge in [0.05, 0.1) is 0 Å². The molecule has 0 heterocycles. The fourth-order valence-electron chi connectivity index (χ4n) is 2.44. The van der Waals surface area contributed by atoms with Crippen LogP contribution in [0.2, 0.25) is 0 Å². The molecule has 0 bridgehead atoms. The molecule has 0 aromatic heterocycles. The summed E-state index contributed by atoms with van der Waals surface area (Å²) in [4.78, 5) is 11.7. The zero-order valence-electron chi connectivity index (χ0n) is 13.8. The van der Waals surface area contributed by atoms with Gasteiger partial charge in [0, 0.05) is 21.6 Å². The van der Waals surface area contributed by atoms with Crippen molar-refractivity contribution in [2.75, 3.05) is 6.54 Å². The maximum absolute atomic E-state index is 11.7.